The molecule has 0 amide bonds. The van der Waals surface area contributed by atoms with Crippen LogP contribution in [0.15, 0.2) is 12.4 Å². The summed E-state index contributed by atoms with van der Waals surface area (Å²) in [4.78, 5) is 2.79. The highest BCUT2D eigenvalue weighted by Gasteiger charge is 2.48. The van der Waals surface area contributed by atoms with Crippen LogP contribution in [0.3, 0.4) is 0 Å². The van der Waals surface area contributed by atoms with Gasteiger partial charge in [0, 0.05) is 44.5 Å². The van der Waals surface area contributed by atoms with E-state index in [1.807, 2.05) is 17.9 Å². The minimum atomic E-state index is 0.361. The molecular formula is C17H28N4. The summed E-state index contributed by atoms with van der Waals surface area (Å²) < 4.78 is 1.92. The summed E-state index contributed by atoms with van der Waals surface area (Å²) in [7, 11) is 2.01. The second-order valence-electron chi connectivity index (χ2n) is 7.72. The molecule has 1 saturated heterocycles. The Bertz CT molecular complexity index is 503. The molecule has 0 radical (unpaired) electrons. The Morgan fingerprint density at radius 2 is 2.14 bits per heavy atom. The highest BCUT2D eigenvalue weighted by molar-refractivity contribution is 5.08. The molecule has 0 bridgehead atoms. The third-order valence-corrected chi connectivity index (χ3v) is 5.81. The SMILES string of the molecule is Cn1cc(CCN2CC(C)(C3CC3)NCC2C2CC2)cn1. The lowest BCUT2D eigenvalue weighted by atomic mass is 9.89. The summed E-state index contributed by atoms with van der Waals surface area (Å²) in [6.45, 7) is 6.07. The highest BCUT2D eigenvalue weighted by atomic mass is 15.3. The van der Waals surface area contributed by atoms with Gasteiger partial charge < -0.3 is 5.32 Å². The number of hydrogen-bond donors (Lipinski definition) is 1. The molecule has 21 heavy (non-hydrogen) atoms. The molecule has 2 unspecified atom stereocenters. The molecule has 116 valence electrons. The molecular weight excluding hydrogens is 260 g/mol. The second kappa shape index (κ2) is 5.10. The molecule has 0 spiro atoms. The standard InChI is InChI=1S/C17H28N4/c1-17(15-5-6-15)12-21(16(10-18-17)14-3-4-14)8-7-13-9-19-20(2)11-13/h9,11,14-16,18H,3-8,10,12H2,1-2H3. The van der Waals surface area contributed by atoms with Gasteiger partial charge in [0.05, 0.1) is 6.20 Å². The molecule has 1 aromatic heterocycles. The van der Waals surface area contributed by atoms with Gasteiger partial charge in [-0.1, -0.05) is 0 Å². The third kappa shape index (κ3) is 2.88. The van der Waals surface area contributed by atoms with E-state index in [2.05, 4.69) is 28.4 Å². The van der Waals surface area contributed by atoms with Crippen molar-refractivity contribution >= 4 is 0 Å². The number of piperazine rings is 1. The van der Waals surface area contributed by atoms with Gasteiger partial charge in [-0.25, -0.2) is 0 Å². The Morgan fingerprint density at radius 3 is 2.76 bits per heavy atom. The number of nitrogens with zero attached hydrogens (tertiary/aromatic N) is 3. The van der Waals surface area contributed by atoms with E-state index in [1.54, 1.807) is 0 Å². The molecule has 3 fully saturated rings. The van der Waals surface area contributed by atoms with Crippen molar-refractivity contribution in [3.63, 3.8) is 0 Å². The zero-order valence-electron chi connectivity index (χ0n) is 13.4. The Labute approximate surface area is 127 Å². The smallest absolute Gasteiger partial charge is 0.0522 e. The Hall–Kier alpha value is -0.870. The van der Waals surface area contributed by atoms with E-state index in [1.165, 1.54) is 50.9 Å². The van der Waals surface area contributed by atoms with Crippen LogP contribution < -0.4 is 5.32 Å². The summed E-state index contributed by atoms with van der Waals surface area (Å²) in [6, 6.07) is 0.772. The summed E-state index contributed by atoms with van der Waals surface area (Å²) >= 11 is 0. The van der Waals surface area contributed by atoms with Gasteiger partial charge in [-0.3, -0.25) is 9.58 Å². The molecule has 2 atom stereocenters. The van der Waals surface area contributed by atoms with Crippen LogP contribution in [0.1, 0.15) is 38.2 Å². The fraction of sp³-hybridized carbons (Fsp3) is 0.824. The van der Waals surface area contributed by atoms with E-state index in [9.17, 15) is 0 Å². The van der Waals surface area contributed by atoms with E-state index in [4.69, 9.17) is 0 Å². The maximum absolute atomic E-state index is 4.30. The Morgan fingerprint density at radius 1 is 1.33 bits per heavy atom. The summed E-state index contributed by atoms with van der Waals surface area (Å²) in [5, 5.41) is 8.20. The first-order valence-corrected chi connectivity index (χ1v) is 8.61. The van der Waals surface area contributed by atoms with E-state index in [-0.39, 0.29) is 0 Å². The molecule has 4 heteroatoms. The van der Waals surface area contributed by atoms with Crippen molar-refractivity contribution in [2.75, 3.05) is 19.6 Å². The molecule has 2 saturated carbocycles. The fourth-order valence-electron chi connectivity index (χ4n) is 4.12. The van der Waals surface area contributed by atoms with Gasteiger partial charge in [-0.15, -0.1) is 0 Å². The largest absolute Gasteiger partial charge is 0.308 e. The molecule has 0 aromatic carbocycles. The summed E-state index contributed by atoms with van der Waals surface area (Å²) in [5.74, 6) is 1.87. The zero-order valence-corrected chi connectivity index (χ0v) is 13.4. The summed E-state index contributed by atoms with van der Waals surface area (Å²) in [5.41, 5.74) is 1.74. The van der Waals surface area contributed by atoms with Crippen LogP contribution in [0, 0.1) is 11.8 Å². The maximum atomic E-state index is 4.30. The predicted molar refractivity (Wildman–Crippen MR) is 84.1 cm³/mol. The average Bonchev–Trinajstić information content (AvgIpc) is 3.35. The van der Waals surface area contributed by atoms with E-state index < -0.39 is 0 Å². The van der Waals surface area contributed by atoms with Crippen LogP contribution in [0.5, 0.6) is 0 Å². The van der Waals surface area contributed by atoms with Crippen molar-refractivity contribution in [2.24, 2.45) is 18.9 Å². The highest BCUT2D eigenvalue weighted by Crippen LogP contribution is 2.44. The molecule has 4 nitrogen and oxygen atoms in total. The Balaban J connectivity index is 1.43. The van der Waals surface area contributed by atoms with Crippen LogP contribution in [0.2, 0.25) is 0 Å². The first kappa shape index (κ1) is 13.8. The minimum absolute atomic E-state index is 0.361. The Kier molecular flexibility index (Phi) is 3.34. The van der Waals surface area contributed by atoms with Gasteiger partial charge in [0.2, 0.25) is 0 Å². The second-order valence-corrected chi connectivity index (χ2v) is 7.72. The number of aromatic nitrogens is 2. The van der Waals surface area contributed by atoms with Crippen LogP contribution >= 0.6 is 0 Å². The normalized spacial score (nSPS) is 34.3. The molecule has 1 N–H and O–H groups in total. The first-order valence-electron chi connectivity index (χ1n) is 8.61. The summed E-state index contributed by atoms with van der Waals surface area (Å²) in [6.07, 6.45) is 11.1. The van der Waals surface area contributed by atoms with Crippen molar-refractivity contribution in [3.8, 4) is 0 Å². The molecule has 1 aliphatic heterocycles. The quantitative estimate of drug-likeness (QED) is 0.897. The lowest BCUT2D eigenvalue weighted by Gasteiger charge is -2.47. The van der Waals surface area contributed by atoms with Crippen molar-refractivity contribution < 1.29 is 0 Å². The van der Waals surface area contributed by atoms with Gasteiger partial charge in [0.15, 0.2) is 0 Å². The molecule has 2 heterocycles. The lowest BCUT2D eigenvalue weighted by Crippen LogP contribution is -2.64. The number of nitrogens with one attached hydrogen (secondary N) is 1. The van der Waals surface area contributed by atoms with Gasteiger partial charge in [-0.05, 0) is 56.4 Å². The number of rotatable bonds is 5. The van der Waals surface area contributed by atoms with E-state index in [0.29, 0.717) is 5.54 Å². The zero-order chi connectivity index (χ0) is 14.4. The molecule has 3 aliphatic rings. The number of hydrogen-bond acceptors (Lipinski definition) is 3. The monoisotopic (exact) mass is 288 g/mol. The van der Waals surface area contributed by atoms with Crippen molar-refractivity contribution in [3.05, 3.63) is 18.0 Å². The maximum Gasteiger partial charge on any atom is 0.0522 e. The van der Waals surface area contributed by atoms with Crippen molar-refractivity contribution in [1.29, 1.82) is 0 Å². The first-order chi connectivity index (χ1) is 10.1. The molecule has 2 aliphatic carbocycles. The average molecular weight is 288 g/mol. The van der Waals surface area contributed by atoms with Gasteiger partial charge in [0.25, 0.3) is 0 Å². The van der Waals surface area contributed by atoms with Crippen LogP contribution in [-0.4, -0.2) is 45.9 Å². The van der Waals surface area contributed by atoms with Gasteiger partial charge >= 0.3 is 0 Å². The fourth-order valence-corrected chi connectivity index (χ4v) is 4.12. The van der Waals surface area contributed by atoms with Gasteiger partial charge in [0.1, 0.15) is 0 Å². The third-order valence-electron chi connectivity index (χ3n) is 5.81. The topological polar surface area (TPSA) is 33.1 Å². The van der Waals surface area contributed by atoms with Gasteiger partial charge in [-0.2, -0.15) is 5.10 Å². The number of aryl methyl sites for hydroxylation is 1. The predicted octanol–water partition coefficient (Wildman–Crippen LogP) is 1.82. The van der Waals surface area contributed by atoms with E-state index >= 15 is 0 Å². The van der Waals surface area contributed by atoms with Crippen LogP contribution in [0.4, 0.5) is 0 Å². The van der Waals surface area contributed by atoms with Crippen molar-refractivity contribution in [2.45, 2.75) is 50.6 Å². The molecule has 4 rings (SSSR count). The molecule has 1 aromatic rings. The lowest BCUT2D eigenvalue weighted by molar-refractivity contribution is 0.0651. The van der Waals surface area contributed by atoms with Crippen molar-refractivity contribution in [1.82, 2.24) is 20.0 Å². The van der Waals surface area contributed by atoms with Crippen LogP contribution in [0.25, 0.3) is 0 Å². The minimum Gasteiger partial charge on any atom is -0.308 e. The van der Waals surface area contributed by atoms with Crippen LogP contribution in [-0.2, 0) is 13.5 Å². The van der Waals surface area contributed by atoms with E-state index in [0.717, 1.165) is 24.3 Å².